The molecule has 1 fully saturated rings. The molecule has 0 bridgehead atoms. The molecule has 0 saturated carbocycles. The predicted octanol–water partition coefficient (Wildman–Crippen LogP) is 2.75. The Bertz CT molecular complexity index is 653. The van der Waals surface area contributed by atoms with Crippen LogP contribution in [0.2, 0.25) is 0 Å². The fourth-order valence-corrected chi connectivity index (χ4v) is 3.30. The lowest BCUT2D eigenvalue weighted by Crippen LogP contribution is -2.34. The van der Waals surface area contributed by atoms with Crippen molar-refractivity contribution in [3.63, 3.8) is 0 Å². The normalized spacial score (nSPS) is 17.6. The van der Waals surface area contributed by atoms with Crippen LogP contribution in [-0.2, 0) is 11.3 Å². The van der Waals surface area contributed by atoms with Crippen LogP contribution in [-0.4, -0.2) is 39.7 Å². The van der Waals surface area contributed by atoms with Gasteiger partial charge < -0.3 is 10.2 Å². The lowest BCUT2D eigenvalue weighted by molar-refractivity contribution is -0.129. The van der Waals surface area contributed by atoms with Crippen LogP contribution in [0.5, 0.6) is 0 Å². The SMILES string of the molecule is CCCNCCC1CCC(=O)N1Cc1cccc(-n2cccn2)c1. The third-order valence-corrected chi connectivity index (χ3v) is 4.57. The molecule has 3 rings (SSSR count). The molecule has 1 atom stereocenters. The summed E-state index contributed by atoms with van der Waals surface area (Å²) in [6.45, 7) is 4.89. The fourth-order valence-electron chi connectivity index (χ4n) is 3.30. The number of benzene rings is 1. The van der Waals surface area contributed by atoms with Crippen molar-refractivity contribution in [3.8, 4) is 5.69 Å². The van der Waals surface area contributed by atoms with Crippen LogP contribution in [0, 0.1) is 0 Å². The molecule has 1 saturated heterocycles. The van der Waals surface area contributed by atoms with Gasteiger partial charge in [0, 0.05) is 31.4 Å². The van der Waals surface area contributed by atoms with Gasteiger partial charge >= 0.3 is 0 Å². The van der Waals surface area contributed by atoms with E-state index in [2.05, 4.69) is 34.4 Å². The summed E-state index contributed by atoms with van der Waals surface area (Å²) in [5.74, 6) is 0.278. The standard InChI is InChI=1S/C19H26N4O/c1-2-10-20-12-9-17-7-8-19(24)22(17)15-16-5-3-6-18(14-16)23-13-4-11-21-23/h3-6,11,13-14,17,20H,2,7-10,12,15H2,1H3. The van der Waals surface area contributed by atoms with E-state index in [-0.39, 0.29) is 5.91 Å². The Labute approximate surface area is 143 Å². The number of carbonyl (C=O) groups is 1. The van der Waals surface area contributed by atoms with E-state index in [0.29, 0.717) is 19.0 Å². The first kappa shape index (κ1) is 16.7. The third-order valence-electron chi connectivity index (χ3n) is 4.57. The second kappa shape index (κ2) is 8.11. The van der Waals surface area contributed by atoms with Gasteiger partial charge in [0.05, 0.1) is 5.69 Å². The number of likely N-dealkylation sites (tertiary alicyclic amines) is 1. The van der Waals surface area contributed by atoms with Gasteiger partial charge in [0.25, 0.3) is 0 Å². The van der Waals surface area contributed by atoms with Crippen LogP contribution in [0.3, 0.4) is 0 Å². The minimum Gasteiger partial charge on any atom is -0.335 e. The first-order valence-electron chi connectivity index (χ1n) is 8.87. The summed E-state index contributed by atoms with van der Waals surface area (Å²) in [5, 5.41) is 7.71. The topological polar surface area (TPSA) is 50.2 Å². The van der Waals surface area contributed by atoms with Gasteiger partial charge in [-0.25, -0.2) is 4.68 Å². The third kappa shape index (κ3) is 4.03. The van der Waals surface area contributed by atoms with Crippen LogP contribution in [0.1, 0.15) is 38.2 Å². The highest BCUT2D eigenvalue weighted by atomic mass is 16.2. The molecule has 24 heavy (non-hydrogen) atoms. The summed E-state index contributed by atoms with van der Waals surface area (Å²) < 4.78 is 1.85. The van der Waals surface area contributed by atoms with Crippen molar-refractivity contribution in [2.24, 2.45) is 0 Å². The molecule has 1 N–H and O–H groups in total. The van der Waals surface area contributed by atoms with Crippen molar-refractivity contribution in [2.75, 3.05) is 13.1 Å². The molecule has 1 unspecified atom stereocenters. The summed E-state index contributed by atoms with van der Waals surface area (Å²) >= 11 is 0. The highest BCUT2D eigenvalue weighted by Gasteiger charge is 2.30. The minimum absolute atomic E-state index is 0.278. The number of nitrogens with one attached hydrogen (secondary N) is 1. The number of hydrogen-bond donors (Lipinski definition) is 1. The molecule has 1 aromatic carbocycles. The molecule has 128 valence electrons. The molecule has 0 spiro atoms. The Morgan fingerprint density at radius 1 is 1.29 bits per heavy atom. The maximum absolute atomic E-state index is 12.3. The van der Waals surface area contributed by atoms with Crippen molar-refractivity contribution in [1.29, 1.82) is 0 Å². The van der Waals surface area contributed by atoms with Gasteiger partial charge in [-0.3, -0.25) is 4.79 Å². The van der Waals surface area contributed by atoms with Crippen molar-refractivity contribution in [1.82, 2.24) is 20.0 Å². The molecule has 5 nitrogen and oxygen atoms in total. The minimum atomic E-state index is 0.278. The van der Waals surface area contributed by atoms with Crippen molar-refractivity contribution in [2.45, 2.75) is 45.2 Å². The number of aromatic nitrogens is 2. The molecule has 2 aromatic rings. The first-order valence-corrected chi connectivity index (χ1v) is 8.87. The zero-order chi connectivity index (χ0) is 16.8. The summed E-state index contributed by atoms with van der Waals surface area (Å²) in [6.07, 6.45) is 7.54. The van der Waals surface area contributed by atoms with Gasteiger partial charge in [-0.1, -0.05) is 19.1 Å². The van der Waals surface area contributed by atoms with Gasteiger partial charge in [-0.15, -0.1) is 0 Å². The van der Waals surface area contributed by atoms with E-state index in [1.165, 1.54) is 0 Å². The van der Waals surface area contributed by atoms with E-state index in [4.69, 9.17) is 0 Å². The van der Waals surface area contributed by atoms with E-state index in [9.17, 15) is 4.79 Å². The first-order chi connectivity index (χ1) is 11.8. The van der Waals surface area contributed by atoms with E-state index in [1.54, 1.807) is 6.20 Å². The molecule has 2 heterocycles. The number of carbonyl (C=O) groups excluding carboxylic acids is 1. The van der Waals surface area contributed by atoms with E-state index >= 15 is 0 Å². The van der Waals surface area contributed by atoms with E-state index in [0.717, 1.165) is 43.6 Å². The average molecular weight is 326 g/mol. The Kier molecular flexibility index (Phi) is 5.64. The highest BCUT2D eigenvalue weighted by Crippen LogP contribution is 2.24. The molecule has 5 heteroatoms. The Morgan fingerprint density at radius 2 is 2.21 bits per heavy atom. The lowest BCUT2D eigenvalue weighted by atomic mass is 10.1. The van der Waals surface area contributed by atoms with Gasteiger partial charge in [0.15, 0.2) is 0 Å². The van der Waals surface area contributed by atoms with E-state index < -0.39 is 0 Å². The van der Waals surface area contributed by atoms with Gasteiger partial charge in [-0.05, 0) is 56.1 Å². The van der Waals surface area contributed by atoms with Crippen LogP contribution in [0.4, 0.5) is 0 Å². The zero-order valence-corrected chi connectivity index (χ0v) is 14.3. The zero-order valence-electron chi connectivity index (χ0n) is 14.3. The number of rotatable bonds is 8. The number of hydrogen-bond acceptors (Lipinski definition) is 3. The molecular weight excluding hydrogens is 300 g/mol. The molecule has 1 amide bonds. The number of nitrogens with zero attached hydrogens (tertiary/aromatic N) is 3. The smallest absolute Gasteiger partial charge is 0.223 e. The monoisotopic (exact) mass is 326 g/mol. The predicted molar refractivity (Wildman–Crippen MR) is 94.9 cm³/mol. The largest absolute Gasteiger partial charge is 0.335 e. The maximum atomic E-state index is 12.3. The van der Waals surface area contributed by atoms with Crippen LogP contribution in [0.25, 0.3) is 5.69 Å². The fraction of sp³-hybridized carbons (Fsp3) is 0.474. The van der Waals surface area contributed by atoms with Gasteiger partial charge in [0.1, 0.15) is 0 Å². The summed E-state index contributed by atoms with van der Waals surface area (Å²) in [7, 11) is 0. The lowest BCUT2D eigenvalue weighted by Gasteiger charge is -2.25. The Morgan fingerprint density at radius 3 is 3.00 bits per heavy atom. The molecule has 1 aromatic heterocycles. The summed E-state index contributed by atoms with van der Waals surface area (Å²) in [6, 6.07) is 10.5. The summed E-state index contributed by atoms with van der Waals surface area (Å²) in [5.41, 5.74) is 2.19. The highest BCUT2D eigenvalue weighted by molar-refractivity contribution is 5.78. The molecule has 1 aliphatic rings. The maximum Gasteiger partial charge on any atom is 0.223 e. The summed E-state index contributed by atoms with van der Waals surface area (Å²) in [4.78, 5) is 14.3. The number of amides is 1. The Hall–Kier alpha value is -2.14. The van der Waals surface area contributed by atoms with Crippen LogP contribution >= 0.6 is 0 Å². The van der Waals surface area contributed by atoms with Gasteiger partial charge in [-0.2, -0.15) is 5.10 Å². The second-order valence-electron chi connectivity index (χ2n) is 6.37. The van der Waals surface area contributed by atoms with Crippen molar-refractivity contribution < 1.29 is 4.79 Å². The van der Waals surface area contributed by atoms with Crippen LogP contribution < -0.4 is 5.32 Å². The van der Waals surface area contributed by atoms with Crippen LogP contribution in [0.15, 0.2) is 42.7 Å². The molecular formula is C19H26N4O. The van der Waals surface area contributed by atoms with Crippen molar-refractivity contribution >= 4 is 5.91 Å². The Balaban J connectivity index is 1.65. The quantitative estimate of drug-likeness (QED) is 0.759. The second-order valence-corrected chi connectivity index (χ2v) is 6.37. The molecule has 0 radical (unpaired) electrons. The molecule has 0 aliphatic carbocycles. The van der Waals surface area contributed by atoms with Gasteiger partial charge in [0.2, 0.25) is 5.91 Å². The average Bonchev–Trinajstić information content (AvgIpc) is 3.24. The van der Waals surface area contributed by atoms with E-state index in [1.807, 2.05) is 29.1 Å². The molecule has 1 aliphatic heterocycles. The van der Waals surface area contributed by atoms with Crippen molar-refractivity contribution in [3.05, 3.63) is 48.3 Å².